The monoisotopic (exact) mass is 280 g/mol. The minimum absolute atomic E-state index is 0.0985. The molecular weight excluding hydrogens is 268 g/mol. The van der Waals surface area contributed by atoms with Gasteiger partial charge in [-0.2, -0.15) is 5.10 Å². The van der Waals surface area contributed by atoms with Crippen LogP contribution in [0.5, 0.6) is 5.75 Å². The van der Waals surface area contributed by atoms with Crippen LogP contribution in [-0.4, -0.2) is 20.9 Å². The van der Waals surface area contributed by atoms with Gasteiger partial charge < -0.3 is 9.84 Å². The maximum Gasteiger partial charge on any atom is 0.339 e. The maximum absolute atomic E-state index is 11.0. The number of aromatic carboxylic acids is 1. The topological polar surface area (TPSA) is 64.3 Å². The van der Waals surface area contributed by atoms with Crippen molar-refractivity contribution in [1.82, 2.24) is 9.78 Å². The first-order chi connectivity index (χ1) is 8.99. The van der Waals surface area contributed by atoms with E-state index in [0.717, 1.165) is 5.56 Å². The van der Waals surface area contributed by atoms with Gasteiger partial charge in [-0.15, -0.1) is 0 Å². The Labute approximate surface area is 115 Å². The van der Waals surface area contributed by atoms with Crippen molar-refractivity contribution in [3.63, 3.8) is 0 Å². The molecule has 0 aliphatic carbocycles. The zero-order valence-corrected chi connectivity index (χ0v) is 11.3. The van der Waals surface area contributed by atoms with Crippen molar-refractivity contribution < 1.29 is 14.6 Å². The molecule has 0 atom stereocenters. The fourth-order valence-corrected chi connectivity index (χ4v) is 1.85. The maximum atomic E-state index is 11.0. The second-order valence-corrected chi connectivity index (χ2v) is 4.56. The molecule has 6 heteroatoms. The number of carboxylic acid groups (broad SMARTS) is 1. The molecule has 1 heterocycles. The van der Waals surface area contributed by atoms with E-state index in [9.17, 15) is 4.79 Å². The van der Waals surface area contributed by atoms with E-state index < -0.39 is 5.97 Å². The minimum atomic E-state index is -1.03. The van der Waals surface area contributed by atoms with Gasteiger partial charge in [-0.1, -0.05) is 17.7 Å². The number of benzene rings is 1. The van der Waals surface area contributed by atoms with Crippen molar-refractivity contribution >= 4 is 17.6 Å². The molecule has 0 bridgehead atoms. The van der Waals surface area contributed by atoms with Gasteiger partial charge in [0.1, 0.15) is 17.9 Å². The number of aromatic nitrogens is 2. The van der Waals surface area contributed by atoms with Gasteiger partial charge >= 0.3 is 5.97 Å². The molecule has 0 saturated heterocycles. The first-order valence-electron chi connectivity index (χ1n) is 5.62. The number of rotatable bonds is 4. The fraction of sp³-hybridized carbons (Fsp3) is 0.231. The van der Waals surface area contributed by atoms with Crippen molar-refractivity contribution in [1.29, 1.82) is 0 Å². The van der Waals surface area contributed by atoms with Crippen molar-refractivity contribution in [3.05, 3.63) is 46.2 Å². The summed E-state index contributed by atoms with van der Waals surface area (Å²) in [6.45, 7) is 2.03. The highest BCUT2D eigenvalue weighted by atomic mass is 35.5. The first kappa shape index (κ1) is 13.4. The van der Waals surface area contributed by atoms with Crippen LogP contribution < -0.4 is 4.74 Å². The van der Waals surface area contributed by atoms with E-state index in [1.807, 2.05) is 13.0 Å². The predicted molar refractivity (Wildman–Crippen MR) is 70.7 cm³/mol. The molecule has 0 unspecified atom stereocenters. The lowest BCUT2D eigenvalue weighted by molar-refractivity contribution is 0.0693. The SMILES string of the molecule is Cc1ccc(Cl)c(OCc2c(C(=O)O)cnn2C)c1. The molecule has 1 aromatic carbocycles. The van der Waals surface area contributed by atoms with Crippen molar-refractivity contribution in [2.24, 2.45) is 7.05 Å². The molecule has 100 valence electrons. The third-order valence-electron chi connectivity index (χ3n) is 2.74. The normalized spacial score (nSPS) is 10.5. The van der Waals surface area contributed by atoms with Crippen molar-refractivity contribution in [3.8, 4) is 5.75 Å². The average Bonchev–Trinajstić information content (AvgIpc) is 2.72. The molecule has 0 aliphatic rings. The summed E-state index contributed by atoms with van der Waals surface area (Å²) in [5.41, 5.74) is 1.64. The van der Waals surface area contributed by atoms with Gasteiger partial charge in [-0.05, 0) is 24.6 Å². The smallest absolute Gasteiger partial charge is 0.339 e. The van der Waals surface area contributed by atoms with E-state index in [1.165, 1.54) is 10.9 Å². The van der Waals surface area contributed by atoms with Crippen LogP contribution in [0.2, 0.25) is 5.02 Å². The van der Waals surface area contributed by atoms with Crippen molar-refractivity contribution in [2.45, 2.75) is 13.5 Å². The van der Waals surface area contributed by atoms with Gasteiger partial charge in [-0.3, -0.25) is 4.68 Å². The highest BCUT2D eigenvalue weighted by Crippen LogP contribution is 2.26. The fourth-order valence-electron chi connectivity index (χ4n) is 1.68. The molecule has 0 aliphatic heterocycles. The summed E-state index contributed by atoms with van der Waals surface area (Å²) in [6.07, 6.45) is 1.30. The van der Waals surface area contributed by atoms with Crippen LogP contribution in [0.15, 0.2) is 24.4 Å². The lowest BCUT2D eigenvalue weighted by Crippen LogP contribution is -2.08. The van der Waals surface area contributed by atoms with Gasteiger partial charge in [0.25, 0.3) is 0 Å². The third-order valence-corrected chi connectivity index (χ3v) is 3.06. The zero-order valence-electron chi connectivity index (χ0n) is 10.6. The summed E-state index contributed by atoms with van der Waals surface area (Å²) in [7, 11) is 1.67. The highest BCUT2D eigenvalue weighted by molar-refractivity contribution is 6.32. The molecule has 0 radical (unpaired) electrons. The van der Waals surface area contributed by atoms with Crippen molar-refractivity contribution in [2.75, 3.05) is 0 Å². The molecule has 5 nitrogen and oxygen atoms in total. The molecular formula is C13H13ClN2O3. The van der Waals surface area contributed by atoms with Gasteiger partial charge in [0.05, 0.1) is 16.9 Å². The number of hydrogen-bond donors (Lipinski definition) is 1. The zero-order chi connectivity index (χ0) is 14.0. The Bertz CT molecular complexity index is 622. The summed E-state index contributed by atoms with van der Waals surface area (Å²) in [5.74, 6) is -0.499. The number of hydrogen-bond acceptors (Lipinski definition) is 3. The predicted octanol–water partition coefficient (Wildman–Crippen LogP) is 2.66. The minimum Gasteiger partial charge on any atom is -0.486 e. The molecule has 0 saturated carbocycles. The number of ether oxygens (including phenoxy) is 1. The summed E-state index contributed by atoms with van der Waals surface area (Å²) < 4.78 is 7.06. The van der Waals surface area contributed by atoms with Crippen LogP contribution in [0, 0.1) is 6.92 Å². The lowest BCUT2D eigenvalue weighted by Gasteiger charge is -2.09. The van der Waals surface area contributed by atoms with Crippen LogP contribution >= 0.6 is 11.6 Å². The Morgan fingerprint density at radius 2 is 2.26 bits per heavy atom. The third kappa shape index (κ3) is 2.88. The van der Waals surface area contributed by atoms with Gasteiger partial charge in [0.2, 0.25) is 0 Å². The highest BCUT2D eigenvalue weighted by Gasteiger charge is 2.15. The Morgan fingerprint density at radius 1 is 1.53 bits per heavy atom. The number of aryl methyl sites for hydroxylation is 2. The van der Waals surface area contributed by atoms with E-state index >= 15 is 0 Å². The first-order valence-corrected chi connectivity index (χ1v) is 6.00. The van der Waals surface area contributed by atoms with E-state index in [-0.39, 0.29) is 12.2 Å². The Kier molecular flexibility index (Phi) is 3.76. The van der Waals surface area contributed by atoms with Gasteiger partial charge in [0, 0.05) is 7.05 Å². The quantitative estimate of drug-likeness (QED) is 0.935. The van der Waals surface area contributed by atoms with E-state index in [2.05, 4.69) is 5.10 Å². The Morgan fingerprint density at radius 3 is 2.95 bits per heavy atom. The second-order valence-electron chi connectivity index (χ2n) is 4.16. The molecule has 0 amide bonds. The van der Waals surface area contributed by atoms with Crippen LogP contribution in [0.4, 0.5) is 0 Å². The van der Waals surface area contributed by atoms with Gasteiger partial charge in [-0.25, -0.2) is 4.79 Å². The van der Waals surface area contributed by atoms with Gasteiger partial charge in [0.15, 0.2) is 0 Å². The summed E-state index contributed by atoms with van der Waals surface area (Å²) in [5, 5.41) is 13.4. The second kappa shape index (κ2) is 5.32. The molecule has 19 heavy (non-hydrogen) atoms. The van der Waals surface area contributed by atoms with Crippen LogP contribution in [0.1, 0.15) is 21.6 Å². The Balaban J connectivity index is 2.21. The molecule has 1 aromatic heterocycles. The summed E-state index contributed by atoms with van der Waals surface area (Å²) in [4.78, 5) is 11.0. The van der Waals surface area contributed by atoms with Crippen LogP contribution in [0.25, 0.3) is 0 Å². The molecule has 1 N–H and O–H groups in total. The number of carboxylic acids is 1. The molecule has 0 spiro atoms. The lowest BCUT2D eigenvalue weighted by atomic mass is 10.2. The number of halogens is 1. The largest absolute Gasteiger partial charge is 0.486 e. The van der Waals surface area contributed by atoms with Crippen LogP contribution in [0.3, 0.4) is 0 Å². The summed E-state index contributed by atoms with van der Waals surface area (Å²) >= 11 is 6.01. The number of carbonyl (C=O) groups is 1. The van der Waals surface area contributed by atoms with E-state index in [0.29, 0.717) is 16.5 Å². The van der Waals surface area contributed by atoms with Crippen LogP contribution in [-0.2, 0) is 13.7 Å². The van der Waals surface area contributed by atoms with E-state index in [1.54, 1.807) is 19.2 Å². The summed E-state index contributed by atoms with van der Waals surface area (Å²) in [6, 6.07) is 5.43. The Hall–Kier alpha value is -2.01. The molecule has 0 fully saturated rings. The standard InChI is InChI=1S/C13H13ClN2O3/c1-8-3-4-10(14)12(5-8)19-7-11-9(13(17)18)6-15-16(11)2/h3-6H,7H2,1-2H3,(H,17,18). The van der Waals surface area contributed by atoms with E-state index in [4.69, 9.17) is 21.4 Å². The average molecular weight is 281 g/mol. The molecule has 2 rings (SSSR count). The number of nitrogens with zero attached hydrogens (tertiary/aromatic N) is 2. The molecule has 2 aromatic rings.